The van der Waals surface area contributed by atoms with E-state index in [1.165, 1.54) is 28.9 Å². The molecule has 3 rings (SSSR count). The summed E-state index contributed by atoms with van der Waals surface area (Å²) >= 11 is 2.16. The molecule has 0 aliphatic rings. The van der Waals surface area contributed by atoms with Crippen molar-refractivity contribution >= 4 is 45.1 Å². The molecule has 3 aromatic rings. The van der Waals surface area contributed by atoms with Crippen LogP contribution < -0.4 is 5.32 Å². The molecule has 7 heteroatoms. The number of carbonyl (C=O) groups excluding carboxylic acids is 1. The summed E-state index contributed by atoms with van der Waals surface area (Å²) < 4.78 is 29.3. The van der Waals surface area contributed by atoms with Crippen molar-refractivity contribution < 1.29 is 13.6 Å². The van der Waals surface area contributed by atoms with Crippen LogP contribution in [-0.2, 0) is 11.5 Å². The highest BCUT2D eigenvalue weighted by Crippen LogP contribution is 2.25. The van der Waals surface area contributed by atoms with E-state index in [1.54, 1.807) is 20.0 Å². The lowest BCUT2D eigenvalue weighted by Crippen LogP contribution is -2.15. The zero-order valence-corrected chi connectivity index (χ0v) is 15.2. The van der Waals surface area contributed by atoms with E-state index in [0.717, 1.165) is 5.56 Å². The first kappa shape index (κ1) is 16.8. The fraction of sp³-hybridized carbons (Fsp3) is 0.176. The Bertz CT molecular complexity index is 953. The van der Waals surface area contributed by atoms with Gasteiger partial charge in [0, 0.05) is 22.5 Å². The highest BCUT2D eigenvalue weighted by atomic mass is 127. The molecular weight excluding hydrogens is 427 g/mol. The minimum Gasteiger partial charge on any atom is -0.320 e. The van der Waals surface area contributed by atoms with Crippen molar-refractivity contribution in [1.29, 1.82) is 0 Å². The van der Waals surface area contributed by atoms with Gasteiger partial charge < -0.3 is 5.32 Å². The lowest BCUT2D eigenvalue weighted by molar-refractivity contribution is 0.102. The van der Waals surface area contributed by atoms with E-state index in [9.17, 15) is 13.6 Å². The van der Waals surface area contributed by atoms with E-state index in [-0.39, 0.29) is 11.5 Å². The predicted octanol–water partition coefficient (Wildman–Crippen LogP) is 4.35. The molecule has 0 saturated heterocycles. The number of anilines is 1. The number of amides is 1. The zero-order chi connectivity index (χ0) is 17.4. The van der Waals surface area contributed by atoms with Crippen LogP contribution in [0.25, 0.3) is 10.9 Å². The van der Waals surface area contributed by atoms with Crippen molar-refractivity contribution in [1.82, 2.24) is 9.78 Å². The Kier molecular flexibility index (Phi) is 4.53. The number of hydrogen-bond donors (Lipinski definition) is 1. The predicted molar refractivity (Wildman–Crippen MR) is 97.5 cm³/mol. The number of carbonyl (C=O) groups is 1. The van der Waals surface area contributed by atoms with Crippen molar-refractivity contribution in [2.75, 3.05) is 5.32 Å². The number of aryl methyl sites for hydroxylation is 2. The summed E-state index contributed by atoms with van der Waals surface area (Å²) in [4.78, 5) is 12.6. The lowest BCUT2D eigenvalue weighted by Gasteiger charge is -2.10. The molecule has 0 spiro atoms. The highest BCUT2D eigenvalue weighted by Gasteiger charge is 2.18. The number of halogens is 3. The van der Waals surface area contributed by atoms with Crippen LogP contribution in [0.3, 0.4) is 0 Å². The summed E-state index contributed by atoms with van der Waals surface area (Å²) in [5, 5.41) is 7.42. The molecule has 0 radical (unpaired) electrons. The normalized spacial score (nSPS) is 11.0. The molecule has 124 valence electrons. The van der Waals surface area contributed by atoms with Crippen molar-refractivity contribution in [2.24, 2.45) is 7.05 Å². The van der Waals surface area contributed by atoms with Crippen molar-refractivity contribution in [3.63, 3.8) is 0 Å². The Hall–Kier alpha value is -2.03. The van der Waals surface area contributed by atoms with Gasteiger partial charge in [-0.2, -0.15) is 5.10 Å². The number of nitrogens with zero attached hydrogens (tertiary/aromatic N) is 2. The molecule has 0 atom stereocenters. The lowest BCUT2D eigenvalue weighted by atomic mass is 10.1. The molecule has 24 heavy (non-hydrogen) atoms. The van der Waals surface area contributed by atoms with Crippen molar-refractivity contribution in [3.05, 3.63) is 58.8 Å². The van der Waals surface area contributed by atoms with Crippen LogP contribution in [0.15, 0.2) is 30.3 Å². The Morgan fingerprint density at radius 3 is 2.75 bits per heavy atom. The van der Waals surface area contributed by atoms with Gasteiger partial charge in [0.1, 0.15) is 11.6 Å². The molecule has 1 amide bonds. The third kappa shape index (κ3) is 3.00. The number of alkyl halides is 1. The molecule has 1 aromatic heterocycles. The van der Waals surface area contributed by atoms with Gasteiger partial charge in [0.15, 0.2) is 5.69 Å². The SMILES string of the molecule is Cc1cc(CI)c(NC(=O)c2nn(C)c3cc(F)ccc23)cc1F. The quantitative estimate of drug-likeness (QED) is 0.486. The summed E-state index contributed by atoms with van der Waals surface area (Å²) in [6.07, 6.45) is 0. The van der Waals surface area contributed by atoms with E-state index in [2.05, 4.69) is 33.0 Å². The summed E-state index contributed by atoms with van der Waals surface area (Å²) in [7, 11) is 1.64. The smallest absolute Gasteiger partial charge is 0.276 e. The monoisotopic (exact) mass is 441 g/mol. The third-order valence-corrected chi connectivity index (χ3v) is 4.63. The molecule has 0 aliphatic heterocycles. The molecule has 1 heterocycles. The van der Waals surface area contributed by atoms with E-state index < -0.39 is 11.7 Å². The number of nitrogens with one attached hydrogen (secondary N) is 1. The molecule has 1 N–H and O–H groups in total. The molecule has 2 aromatic carbocycles. The first-order chi connectivity index (χ1) is 11.4. The van der Waals surface area contributed by atoms with Crippen molar-refractivity contribution in [3.8, 4) is 0 Å². The fourth-order valence-corrected chi connectivity index (χ4v) is 3.18. The summed E-state index contributed by atoms with van der Waals surface area (Å²) in [6.45, 7) is 1.68. The molecule has 4 nitrogen and oxygen atoms in total. The van der Waals surface area contributed by atoms with E-state index in [1.807, 2.05) is 0 Å². The van der Waals surface area contributed by atoms with E-state index in [4.69, 9.17) is 0 Å². The van der Waals surface area contributed by atoms with Crippen LogP contribution in [0, 0.1) is 18.6 Å². The Morgan fingerprint density at radius 2 is 2.04 bits per heavy atom. The first-order valence-corrected chi connectivity index (χ1v) is 8.72. The molecular formula is C17H14F2IN3O. The molecule has 0 saturated carbocycles. The molecule has 0 unspecified atom stereocenters. The second-order valence-corrected chi connectivity index (χ2v) is 6.24. The molecule has 0 fully saturated rings. The topological polar surface area (TPSA) is 46.9 Å². The first-order valence-electron chi connectivity index (χ1n) is 7.19. The fourth-order valence-electron chi connectivity index (χ4n) is 2.55. The van der Waals surface area contributed by atoms with Gasteiger partial charge in [0.2, 0.25) is 0 Å². The largest absolute Gasteiger partial charge is 0.320 e. The van der Waals surface area contributed by atoms with Gasteiger partial charge in [0.25, 0.3) is 5.91 Å². The van der Waals surface area contributed by atoms with Gasteiger partial charge in [-0.1, -0.05) is 28.7 Å². The number of aromatic nitrogens is 2. The van der Waals surface area contributed by atoms with Crippen LogP contribution in [0.1, 0.15) is 21.6 Å². The number of hydrogen-bond acceptors (Lipinski definition) is 2. The van der Waals surface area contributed by atoms with Gasteiger partial charge >= 0.3 is 0 Å². The Morgan fingerprint density at radius 1 is 1.29 bits per heavy atom. The van der Waals surface area contributed by atoms with Gasteiger partial charge in [0.05, 0.1) is 5.52 Å². The summed E-state index contributed by atoms with van der Waals surface area (Å²) in [5.41, 5.74) is 2.46. The number of rotatable bonds is 3. The minimum absolute atomic E-state index is 0.174. The Labute approximate surface area is 151 Å². The molecule has 0 aliphatic carbocycles. The summed E-state index contributed by atoms with van der Waals surface area (Å²) in [5.74, 6) is -1.24. The second-order valence-electron chi connectivity index (χ2n) is 5.48. The maximum absolute atomic E-state index is 13.8. The highest BCUT2D eigenvalue weighted by molar-refractivity contribution is 14.1. The van der Waals surface area contributed by atoms with Gasteiger partial charge in [-0.25, -0.2) is 8.78 Å². The average Bonchev–Trinajstić information content (AvgIpc) is 2.87. The van der Waals surface area contributed by atoms with Crippen LogP contribution in [0.5, 0.6) is 0 Å². The number of benzene rings is 2. The number of fused-ring (bicyclic) bond motifs is 1. The van der Waals surface area contributed by atoms with Crippen molar-refractivity contribution in [2.45, 2.75) is 11.4 Å². The van der Waals surface area contributed by atoms with Crippen LogP contribution in [-0.4, -0.2) is 15.7 Å². The van der Waals surface area contributed by atoms with Crippen LogP contribution in [0.2, 0.25) is 0 Å². The van der Waals surface area contributed by atoms with E-state index in [0.29, 0.717) is 26.6 Å². The maximum atomic E-state index is 13.8. The van der Waals surface area contributed by atoms with Crippen LogP contribution >= 0.6 is 22.6 Å². The maximum Gasteiger partial charge on any atom is 0.276 e. The Balaban J connectivity index is 2.01. The zero-order valence-electron chi connectivity index (χ0n) is 13.0. The summed E-state index contributed by atoms with van der Waals surface area (Å²) in [6, 6.07) is 7.14. The van der Waals surface area contributed by atoms with Gasteiger partial charge in [-0.3, -0.25) is 9.48 Å². The molecule has 0 bridgehead atoms. The standard InChI is InChI=1S/C17H14F2IN3O/c1-9-5-10(8-20)14(7-13(9)19)21-17(24)16-12-4-3-11(18)6-15(12)23(2)22-16/h3-7H,8H2,1-2H3,(H,21,24). The average molecular weight is 441 g/mol. The second kappa shape index (κ2) is 6.46. The van der Waals surface area contributed by atoms with Gasteiger partial charge in [-0.15, -0.1) is 0 Å². The van der Waals surface area contributed by atoms with Crippen LogP contribution in [0.4, 0.5) is 14.5 Å². The third-order valence-electron chi connectivity index (χ3n) is 3.81. The van der Waals surface area contributed by atoms with Gasteiger partial charge in [-0.05, 0) is 42.3 Å². The minimum atomic E-state index is -0.457. The van der Waals surface area contributed by atoms with E-state index >= 15 is 0 Å².